The van der Waals surface area contributed by atoms with Crippen molar-refractivity contribution in [3.63, 3.8) is 0 Å². The van der Waals surface area contributed by atoms with E-state index in [9.17, 15) is 4.79 Å². The molecule has 0 amide bonds. The maximum Gasteiger partial charge on any atom is 0.327 e. The zero-order valence-corrected chi connectivity index (χ0v) is 15.0. The first-order valence-corrected chi connectivity index (χ1v) is 9.77. The second kappa shape index (κ2) is 19.2. The Morgan fingerprint density at radius 1 is 0.609 bits per heavy atom. The van der Waals surface area contributed by atoms with Crippen molar-refractivity contribution in [3.05, 3.63) is 12.2 Å². The molecule has 0 aliphatic rings. The fraction of sp³-hybridized carbons (Fsp3) is 0.850. The van der Waals surface area contributed by atoms with Crippen LogP contribution < -0.4 is 0 Å². The fourth-order valence-electron chi connectivity index (χ4n) is 2.86. The lowest BCUT2D eigenvalue weighted by atomic mass is 10.0. The van der Waals surface area contributed by atoms with E-state index >= 15 is 0 Å². The zero-order valence-electron chi connectivity index (χ0n) is 15.0. The number of aliphatic hydroxyl groups is 1. The van der Waals surface area contributed by atoms with Crippen LogP contribution in [0.3, 0.4) is 0 Å². The largest absolute Gasteiger partial charge is 0.478 e. The smallest absolute Gasteiger partial charge is 0.327 e. The Morgan fingerprint density at radius 3 is 1.30 bits per heavy atom. The van der Waals surface area contributed by atoms with Crippen molar-refractivity contribution in [1.29, 1.82) is 0 Å². The van der Waals surface area contributed by atoms with Gasteiger partial charge in [-0.25, -0.2) is 4.79 Å². The van der Waals surface area contributed by atoms with Crippen LogP contribution in [-0.4, -0.2) is 22.8 Å². The molecule has 0 spiro atoms. The molecule has 0 heterocycles. The summed E-state index contributed by atoms with van der Waals surface area (Å²) in [5.41, 5.74) is 0. The van der Waals surface area contributed by atoms with Gasteiger partial charge in [0.1, 0.15) is 0 Å². The minimum atomic E-state index is -0.841. The van der Waals surface area contributed by atoms with Crippen molar-refractivity contribution in [2.75, 3.05) is 6.61 Å². The summed E-state index contributed by atoms with van der Waals surface area (Å²) in [5.74, 6) is -0.841. The Hall–Kier alpha value is -0.830. The predicted molar refractivity (Wildman–Crippen MR) is 97.7 cm³/mol. The van der Waals surface area contributed by atoms with Crippen molar-refractivity contribution in [2.24, 2.45) is 0 Å². The molecule has 0 saturated carbocycles. The molecule has 0 unspecified atom stereocenters. The molecule has 0 rings (SSSR count). The van der Waals surface area contributed by atoms with Gasteiger partial charge in [0.25, 0.3) is 0 Å². The lowest BCUT2D eigenvalue weighted by Gasteiger charge is -2.03. The molecular formula is C20H38O3. The van der Waals surface area contributed by atoms with Crippen LogP contribution in [0.15, 0.2) is 12.2 Å². The van der Waals surface area contributed by atoms with Crippen molar-refractivity contribution in [2.45, 2.75) is 103 Å². The summed E-state index contributed by atoms with van der Waals surface area (Å²) in [4.78, 5) is 10.3. The van der Waals surface area contributed by atoms with Crippen LogP contribution in [0.25, 0.3) is 0 Å². The third-order valence-electron chi connectivity index (χ3n) is 4.29. The van der Waals surface area contributed by atoms with Crippen molar-refractivity contribution >= 4 is 5.97 Å². The minimum Gasteiger partial charge on any atom is -0.478 e. The topological polar surface area (TPSA) is 57.5 Å². The molecule has 0 aromatic carbocycles. The molecule has 0 aromatic heterocycles. The third kappa shape index (κ3) is 21.2. The van der Waals surface area contributed by atoms with Gasteiger partial charge in [0.05, 0.1) is 0 Å². The Labute approximate surface area is 143 Å². The number of aliphatic hydroxyl groups excluding tert-OH is 1. The highest BCUT2D eigenvalue weighted by Crippen LogP contribution is 2.13. The Kier molecular flexibility index (Phi) is 18.5. The van der Waals surface area contributed by atoms with E-state index in [1.807, 2.05) is 0 Å². The van der Waals surface area contributed by atoms with Crippen LogP contribution in [0.4, 0.5) is 0 Å². The van der Waals surface area contributed by atoms with Gasteiger partial charge >= 0.3 is 5.97 Å². The molecule has 0 fully saturated rings. The fourth-order valence-corrected chi connectivity index (χ4v) is 2.86. The van der Waals surface area contributed by atoms with Gasteiger partial charge in [0.2, 0.25) is 0 Å². The molecule has 0 bridgehead atoms. The van der Waals surface area contributed by atoms with Crippen molar-refractivity contribution in [3.8, 4) is 0 Å². The molecular weight excluding hydrogens is 288 g/mol. The Morgan fingerprint density at radius 2 is 0.957 bits per heavy atom. The molecule has 0 aliphatic carbocycles. The van der Waals surface area contributed by atoms with Gasteiger partial charge < -0.3 is 10.2 Å². The summed E-state index contributed by atoms with van der Waals surface area (Å²) in [5, 5.41) is 17.1. The normalized spacial score (nSPS) is 11.3. The molecule has 0 atom stereocenters. The summed E-state index contributed by atoms with van der Waals surface area (Å²) in [6.45, 7) is 0.349. The van der Waals surface area contributed by atoms with Crippen molar-refractivity contribution in [1.82, 2.24) is 0 Å². The quantitative estimate of drug-likeness (QED) is 0.245. The third-order valence-corrected chi connectivity index (χ3v) is 4.29. The highest BCUT2D eigenvalue weighted by molar-refractivity contribution is 5.79. The van der Waals surface area contributed by atoms with Gasteiger partial charge in [-0.2, -0.15) is 0 Å². The number of hydrogen-bond acceptors (Lipinski definition) is 2. The maximum atomic E-state index is 10.3. The first-order valence-electron chi connectivity index (χ1n) is 9.77. The number of carboxylic acids is 1. The molecule has 0 saturated heterocycles. The second-order valence-electron chi connectivity index (χ2n) is 6.56. The first kappa shape index (κ1) is 22.2. The van der Waals surface area contributed by atoms with Crippen LogP contribution in [-0.2, 0) is 4.79 Å². The van der Waals surface area contributed by atoms with E-state index in [0.29, 0.717) is 6.61 Å². The second-order valence-corrected chi connectivity index (χ2v) is 6.56. The van der Waals surface area contributed by atoms with Crippen LogP contribution in [0.2, 0.25) is 0 Å². The van der Waals surface area contributed by atoms with E-state index in [1.54, 1.807) is 6.08 Å². The summed E-state index contributed by atoms with van der Waals surface area (Å²) >= 11 is 0. The van der Waals surface area contributed by atoms with Gasteiger partial charge in [-0.15, -0.1) is 0 Å². The molecule has 136 valence electrons. The van der Waals surface area contributed by atoms with Gasteiger partial charge in [-0.1, -0.05) is 89.5 Å². The number of carboxylic acid groups (broad SMARTS) is 1. The van der Waals surface area contributed by atoms with Gasteiger partial charge in [-0.05, 0) is 19.3 Å². The number of aliphatic carboxylic acids is 1. The first-order chi connectivity index (χ1) is 11.3. The standard InChI is InChI=1S/C20H38O3/c21-19-17-15-13-11-9-7-5-3-1-2-4-6-8-10-12-14-16-18-20(22)23/h16,18,21H,1-15,17,19H2,(H,22,23)/b18-16+. The number of rotatable bonds is 18. The number of carbonyl (C=O) groups is 1. The Bertz CT molecular complexity index is 274. The van der Waals surface area contributed by atoms with Crippen LogP contribution in [0.1, 0.15) is 103 Å². The minimum absolute atomic E-state index is 0.349. The lowest BCUT2D eigenvalue weighted by molar-refractivity contribution is -0.131. The van der Waals surface area contributed by atoms with E-state index in [1.165, 1.54) is 89.5 Å². The summed E-state index contributed by atoms with van der Waals surface area (Å²) in [6.07, 6.45) is 23.2. The van der Waals surface area contributed by atoms with Gasteiger partial charge in [-0.3, -0.25) is 0 Å². The average molecular weight is 327 g/mol. The lowest BCUT2D eigenvalue weighted by Crippen LogP contribution is -1.86. The van der Waals surface area contributed by atoms with Gasteiger partial charge in [0.15, 0.2) is 0 Å². The number of hydrogen-bond donors (Lipinski definition) is 2. The van der Waals surface area contributed by atoms with Crippen molar-refractivity contribution < 1.29 is 15.0 Å². The summed E-state index contributed by atoms with van der Waals surface area (Å²) < 4.78 is 0. The molecule has 0 radical (unpaired) electrons. The molecule has 2 N–H and O–H groups in total. The molecule has 3 nitrogen and oxygen atoms in total. The highest BCUT2D eigenvalue weighted by atomic mass is 16.4. The van der Waals surface area contributed by atoms with E-state index in [4.69, 9.17) is 10.2 Å². The average Bonchev–Trinajstić information content (AvgIpc) is 2.53. The van der Waals surface area contributed by atoms with E-state index in [2.05, 4.69) is 0 Å². The number of unbranched alkanes of at least 4 members (excludes halogenated alkanes) is 15. The molecule has 23 heavy (non-hydrogen) atoms. The van der Waals surface area contributed by atoms with Crippen LogP contribution in [0, 0.1) is 0 Å². The summed E-state index contributed by atoms with van der Waals surface area (Å²) in [6, 6.07) is 0. The monoisotopic (exact) mass is 326 g/mol. The van der Waals surface area contributed by atoms with Crippen LogP contribution in [0.5, 0.6) is 0 Å². The van der Waals surface area contributed by atoms with E-state index in [0.717, 1.165) is 19.3 Å². The zero-order chi connectivity index (χ0) is 17.0. The van der Waals surface area contributed by atoms with E-state index < -0.39 is 5.97 Å². The molecule has 0 aliphatic heterocycles. The SMILES string of the molecule is O=C(O)/C=C/CCCCCCCCCCCCCCCCCO. The van der Waals surface area contributed by atoms with Gasteiger partial charge in [0, 0.05) is 12.7 Å². The molecule has 3 heteroatoms. The molecule has 0 aromatic rings. The summed E-state index contributed by atoms with van der Waals surface area (Å²) in [7, 11) is 0. The Balaban J connectivity index is 3.01. The number of allylic oxidation sites excluding steroid dienone is 1. The predicted octanol–water partition coefficient (Wildman–Crippen LogP) is 5.86. The van der Waals surface area contributed by atoms with E-state index in [-0.39, 0.29) is 0 Å². The maximum absolute atomic E-state index is 10.3. The highest BCUT2D eigenvalue weighted by Gasteiger charge is 1.94. The van der Waals surface area contributed by atoms with Crippen LogP contribution >= 0.6 is 0 Å².